The first-order valence-corrected chi connectivity index (χ1v) is 6.75. The molecule has 1 rings (SSSR count). The van der Waals surface area contributed by atoms with Gasteiger partial charge in [-0.25, -0.2) is 0 Å². The fourth-order valence-electron chi connectivity index (χ4n) is 2.17. The van der Waals surface area contributed by atoms with Gasteiger partial charge in [-0.05, 0) is 13.8 Å². The minimum absolute atomic E-state index is 0.142. The van der Waals surface area contributed by atoms with Crippen LogP contribution in [0.15, 0.2) is 6.07 Å². The summed E-state index contributed by atoms with van der Waals surface area (Å²) in [5.74, 6) is 1.36. The summed E-state index contributed by atoms with van der Waals surface area (Å²) in [6.07, 6.45) is 0. The van der Waals surface area contributed by atoms with Gasteiger partial charge in [-0.2, -0.15) is 0 Å². The van der Waals surface area contributed by atoms with E-state index in [1.807, 2.05) is 13.8 Å². The third-order valence-corrected chi connectivity index (χ3v) is 3.27. The Balaban J connectivity index is 3.54. The van der Waals surface area contributed by atoms with Crippen molar-refractivity contribution in [1.82, 2.24) is 4.90 Å². The predicted molar refractivity (Wildman–Crippen MR) is 79.9 cm³/mol. The van der Waals surface area contributed by atoms with Crippen LogP contribution < -0.4 is 18.9 Å². The molecule has 1 aromatic rings. The molecule has 1 amide bonds. The Kier molecular flexibility index (Phi) is 6.14. The Bertz CT molecular complexity index is 497. The highest BCUT2D eigenvalue weighted by Gasteiger charge is 2.27. The highest BCUT2D eigenvalue weighted by molar-refractivity contribution is 5.99. The average molecular weight is 297 g/mol. The van der Waals surface area contributed by atoms with Crippen molar-refractivity contribution in [2.75, 3.05) is 41.5 Å². The van der Waals surface area contributed by atoms with Crippen molar-refractivity contribution in [3.8, 4) is 23.0 Å². The van der Waals surface area contributed by atoms with Crippen molar-refractivity contribution in [1.29, 1.82) is 0 Å². The number of benzene rings is 1. The average Bonchev–Trinajstić information content (AvgIpc) is 2.53. The first-order chi connectivity index (χ1) is 10.1. The van der Waals surface area contributed by atoms with Gasteiger partial charge < -0.3 is 23.8 Å². The van der Waals surface area contributed by atoms with Gasteiger partial charge in [-0.15, -0.1) is 0 Å². The van der Waals surface area contributed by atoms with Crippen molar-refractivity contribution in [3.05, 3.63) is 11.6 Å². The summed E-state index contributed by atoms with van der Waals surface area (Å²) in [4.78, 5) is 14.3. The van der Waals surface area contributed by atoms with Gasteiger partial charge in [0.15, 0.2) is 11.5 Å². The van der Waals surface area contributed by atoms with E-state index >= 15 is 0 Å². The van der Waals surface area contributed by atoms with Crippen molar-refractivity contribution in [2.24, 2.45) is 0 Å². The highest BCUT2D eigenvalue weighted by Crippen LogP contribution is 2.46. The first-order valence-electron chi connectivity index (χ1n) is 6.75. The van der Waals surface area contributed by atoms with Gasteiger partial charge in [0.05, 0.1) is 34.0 Å². The Morgan fingerprint density at radius 1 is 0.905 bits per heavy atom. The number of hydrogen-bond acceptors (Lipinski definition) is 5. The Morgan fingerprint density at radius 2 is 1.43 bits per heavy atom. The normalized spacial score (nSPS) is 10.0. The molecule has 118 valence electrons. The summed E-state index contributed by atoms with van der Waals surface area (Å²) < 4.78 is 21.3. The quantitative estimate of drug-likeness (QED) is 0.772. The van der Waals surface area contributed by atoms with Crippen LogP contribution in [0.3, 0.4) is 0 Å². The molecule has 0 saturated carbocycles. The van der Waals surface area contributed by atoms with Crippen molar-refractivity contribution in [3.63, 3.8) is 0 Å². The fourth-order valence-corrected chi connectivity index (χ4v) is 2.17. The molecular weight excluding hydrogens is 274 g/mol. The molecule has 0 aliphatic heterocycles. The monoisotopic (exact) mass is 297 g/mol. The Morgan fingerprint density at radius 3 is 1.81 bits per heavy atom. The number of methoxy groups -OCH3 is 4. The summed E-state index contributed by atoms with van der Waals surface area (Å²) >= 11 is 0. The first kappa shape index (κ1) is 16.9. The van der Waals surface area contributed by atoms with E-state index in [1.54, 1.807) is 11.0 Å². The van der Waals surface area contributed by atoms with Gasteiger partial charge >= 0.3 is 0 Å². The van der Waals surface area contributed by atoms with Crippen LogP contribution in [0.2, 0.25) is 0 Å². The minimum atomic E-state index is -0.142. The molecular formula is C15H23NO5. The molecule has 0 spiro atoms. The number of nitrogens with zero attached hydrogens (tertiary/aromatic N) is 1. The molecule has 0 radical (unpaired) electrons. The molecule has 6 nitrogen and oxygen atoms in total. The zero-order chi connectivity index (χ0) is 16.0. The second-order valence-electron chi connectivity index (χ2n) is 4.20. The van der Waals surface area contributed by atoms with E-state index in [9.17, 15) is 4.79 Å². The Labute approximate surface area is 125 Å². The molecule has 0 fully saturated rings. The lowest BCUT2D eigenvalue weighted by molar-refractivity contribution is 0.0768. The van der Waals surface area contributed by atoms with Crippen LogP contribution in [0, 0.1) is 0 Å². The lowest BCUT2D eigenvalue weighted by atomic mass is 10.1. The molecule has 0 atom stereocenters. The fraction of sp³-hybridized carbons (Fsp3) is 0.533. The maximum Gasteiger partial charge on any atom is 0.257 e. The van der Waals surface area contributed by atoms with Gasteiger partial charge in [0.25, 0.3) is 5.91 Å². The van der Waals surface area contributed by atoms with Crippen LogP contribution in [0.1, 0.15) is 24.2 Å². The molecule has 0 saturated heterocycles. The van der Waals surface area contributed by atoms with Crippen LogP contribution in [0.25, 0.3) is 0 Å². The summed E-state index contributed by atoms with van der Waals surface area (Å²) in [5.41, 5.74) is 0.385. The minimum Gasteiger partial charge on any atom is -0.493 e. The molecule has 0 aliphatic rings. The summed E-state index contributed by atoms with van der Waals surface area (Å²) in [6.45, 7) is 5.06. The number of carbonyl (C=O) groups excluding carboxylic acids is 1. The van der Waals surface area contributed by atoms with Gasteiger partial charge in [0.2, 0.25) is 11.5 Å². The van der Waals surface area contributed by atoms with E-state index in [0.29, 0.717) is 41.7 Å². The number of ether oxygens (including phenoxy) is 4. The van der Waals surface area contributed by atoms with E-state index in [1.165, 1.54) is 28.4 Å². The van der Waals surface area contributed by atoms with E-state index in [4.69, 9.17) is 18.9 Å². The largest absolute Gasteiger partial charge is 0.493 e. The third kappa shape index (κ3) is 3.15. The van der Waals surface area contributed by atoms with Crippen LogP contribution in [0.4, 0.5) is 0 Å². The lowest BCUT2D eigenvalue weighted by Gasteiger charge is -2.22. The molecule has 0 heterocycles. The summed E-state index contributed by atoms with van der Waals surface area (Å²) in [7, 11) is 6.00. The van der Waals surface area contributed by atoms with Crippen molar-refractivity contribution in [2.45, 2.75) is 13.8 Å². The molecule has 0 aliphatic carbocycles. The summed E-state index contributed by atoms with van der Waals surface area (Å²) in [6, 6.07) is 1.61. The summed E-state index contributed by atoms with van der Waals surface area (Å²) in [5, 5.41) is 0. The standard InChI is InChI=1S/C15H23NO5/c1-7-16(8-2)15(17)10-9-11(18-3)13(20-5)14(21-6)12(10)19-4/h9H,7-8H2,1-6H3. The second-order valence-corrected chi connectivity index (χ2v) is 4.20. The number of amides is 1. The van der Waals surface area contributed by atoms with E-state index in [2.05, 4.69) is 0 Å². The van der Waals surface area contributed by atoms with E-state index < -0.39 is 0 Å². The topological polar surface area (TPSA) is 57.2 Å². The zero-order valence-electron chi connectivity index (χ0n) is 13.5. The molecule has 0 aromatic heterocycles. The number of rotatable bonds is 7. The highest BCUT2D eigenvalue weighted by atomic mass is 16.5. The maximum atomic E-state index is 12.6. The smallest absolute Gasteiger partial charge is 0.257 e. The maximum absolute atomic E-state index is 12.6. The molecule has 6 heteroatoms. The molecule has 0 N–H and O–H groups in total. The SMILES string of the molecule is CCN(CC)C(=O)c1cc(OC)c(OC)c(OC)c1OC. The predicted octanol–water partition coefficient (Wildman–Crippen LogP) is 2.20. The van der Waals surface area contributed by atoms with Crippen LogP contribution in [0.5, 0.6) is 23.0 Å². The van der Waals surface area contributed by atoms with Gasteiger partial charge in [0, 0.05) is 19.2 Å². The van der Waals surface area contributed by atoms with Gasteiger partial charge in [-0.3, -0.25) is 4.79 Å². The molecule has 1 aromatic carbocycles. The van der Waals surface area contributed by atoms with Gasteiger partial charge in [-0.1, -0.05) is 0 Å². The zero-order valence-corrected chi connectivity index (χ0v) is 13.5. The van der Waals surface area contributed by atoms with Crippen molar-refractivity contribution < 1.29 is 23.7 Å². The molecule has 0 unspecified atom stereocenters. The van der Waals surface area contributed by atoms with Crippen LogP contribution in [-0.4, -0.2) is 52.3 Å². The van der Waals surface area contributed by atoms with Crippen LogP contribution >= 0.6 is 0 Å². The number of carbonyl (C=O) groups is 1. The Hall–Kier alpha value is -2.11. The molecule has 0 bridgehead atoms. The van der Waals surface area contributed by atoms with Crippen LogP contribution in [-0.2, 0) is 0 Å². The lowest BCUT2D eigenvalue weighted by Crippen LogP contribution is -2.30. The third-order valence-electron chi connectivity index (χ3n) is 3.27. The van der Waals surface area contributed by atoms with E-state index in [-0.39, 0.29) is 5.91 Å². The van der Waals surface area contributed by atoms with Gasteiger partial charge in [0.1, 0.15) is 0 Å². The second kappa shape index (κ2) is 7.61. The molecule has 21 heavy (non-hydrogen) atoms. The number of hydrogen-bond donors (Lipinski definition) is 0. The van der Waals surface area contributed by atoms with E-state index in [0.717, 1.165) is 0 Å². The van der Waals surface area contributed by atoms with Crippen molar-refractivity contribution >= 4 is 5.91 Å².